The van der Waals surface area contributed by atoms with E-state index in [2.05, 4.69) is 11.3 Å². The Labute approximate surface area is 167 Å². The summed E-state index contributed by atoms with van der Waals surface area (Å²) in [7, 11) is 0. The molecule has 0 rings (SSSR count). The van der Waals surface area contributed by atoms with E-state index in [1.807, 2.05) is 0 Å². The van der Waals surface area contributed by atoms with Gasteiger partial charge < -0.3 is 9.84 Å². The van der Waals surface area contributed by atoms with Crippen molar-refractivity contribution in [1.29, 1.82) is 0 Å². The Kier molecular flexibility index (Phi) is 7.23. The van der Waals surface area contributed by atoms with Crippen LogP contribution < -0.4 is 0 Å². The molecular formula is C12H4F18O3. The van der Waals surface area contributed by atoms with Crippen LogP contribution in [0.2, 0.25) is 0 Å². The van der Waals surface area contributed by atoms with E-state index >= 15 is 0 Å². The lowest BCUT2D eigenvalue weighted by Gasteiger charge is -2.43. The number of ether oxygens (including phenoxy) is 1. The van der Waals surface area contributed by atoms with Crippen molar-refractivity contribution in [1.82, 2.24) is 0 Å². The first kappa shape index (κ1) is 30.9. The summed E-state index contributed by atoms with van der Waals surface area (Å²) in [4.78, 5) is 10.5. The van der Waals surface area contributed by atoms with Crippen molar-refractivity contribution in [3.05, 3.63) is 12.7 Å². The fourth-order valence-electron chi connectivity index (χ4n) is 1.59. The van der Waals surface area contributed by atoms with Crippen LogP contribution in [0.25, 0.3) is 0 Å². The molecule has 0 fully saturated rings. The van der Waals surface area contributed by atoms with Crippen molar-refractivity contribution in [2.75, 3.05) is 0 Å². The van der Waals surface area contributed by atoms with Gasteiger partial charge in [-0.3, -0.25) is 0 Å². The van der Waals surface area contributed by atoms with Crippen LogP contribution in [0.3, 0.4) is 0 Å². The summed E-state index contributed by atoms with van der Waals surface area (Å²) in [6.07, 6.45) is -15.5. The third-order valence-electron chi connectivity index (χ3n) is 3.52. The Hall–Kier alpha value is -2.09. The van der Waals surface area contributed by atoms with Crippen LogP contribution in [0.15, 0.2) is 12.7 Å². The molecule has 0 radical (unpaired) electrons. The molecule has 0 heterocycles. The number of carbonyl (C=O) groups excluding carboxylic acids is 1. The van der Waals surface area contributed by atoms with Gasteiger partial charge in [-0.2, -0.15) is 79.0 Å². The van der Waals surface area contributed by atoms with Crippen LogP contribution >= 0.6 is 0 Å². The molecule has 33 heavy (non-hydrogen) atoms. The Bertz CT molecular complexity index is 764. The summed E-state index contributed by atoms with van der Waals surface area (Å²) in [6, 6.07) is 0. The molecule has 0 aromatic carbocycles. The number of halogens is 18. The number of aliphatic hydroxyl groups is 1. The highest BCUT2D eigenvalue weighted by atomic mass is 19.4. The van der Waals surface area contributed by atoms with Gasteiger partial charge in [-0.05, 0) is 0 Å². The quantitative estimate of drug-likeness (QED) is 0.245. The summed E-state index contributed by atoms with van der Waals surface area (Å²) in [5, 5.41) is 8.32. The van der Waals surface area contributed by atoms with Crippen molar-refractivity contribution in [3.63, 3.8) is 0 Å². The molecule has 1 N–H and O–H groups in total. The summed E-state index contributed by atoms with van der Waals surface area (Å²) >= 11 is 0. The minimum absolute atomic E-state index is 0.483. The molecule has 0 aromatic heterocycles. The summed E-state index contributed by atoms with van der Waals surface area (Å²) < 4.78 is 236. The summed E-state index contributed by atoms with van der Waals surface area (Å²) in [5.74, 6) is -62.7. The molecule has 1 unspecified atom stereocenters. The van der Waals surface area contributed by atoms with Crippen LogP contribution in [0.4, 0.5) is 79.0 Å². The van der Waals surface area contributed by atoms with Gasteiger partial charge in [0.25, 0.3) is 0 Å². The molecule has 0 aliphatic carbocycles. The Morgan fingerprint density at radius 3 is 1.12 bits per heavy atom. The van der Waals surface area contributed by atoms with E-state index in [1.54, 1.807) is 0 Å². The van der Waals surface area contributed by atoms with Crippen molar-refractivity contribution in [3.8, 4) is 0 Å². The zero-order valence-electron chi connectivity index (χ0n) is 14.4. The van der Waals surface area contributed by atoms with E-state index in [1.165, 1.54) is 0 Å². The highest BCUT2D eigenvalue weighted by Gasteiger charge is 2.96. The Morgan fingerprint density at radius 1 is 0.576 bits per heavy atom. The number of esters is 1. The normalized spacial score (nSPS) is 17.4. The van der Waals surface area contributed by atoms with Gasteiger partial charge in [0, 0.05) is 6.08 Å². The van der Waals surface area contributed by atoms with E-state index in [0.717, 1.165) is 0 Å². The molecule has 0 saturated heterocycles. The summed E-state index contributed by atoms with van der Waals surface area (Å²) in [6.45, 7) is 2.27. The van der Waals surface area contributed by atoms with Crippen molar-refractivity contribution in [2.45, 2.75) is 53.7 Å². The zero-order chi connectivity index (χ0) is 27.5. The molecule has 196 valence electrons. The molecular weight excluding hydrogens is 534 g/mol. The second kappa shape index (κ2) is 7.72. The number of alkyl halides is 18. The van der Waals surface area contributed by atoms with Crippen LogP contribution in [-0.4, -0.2) is 64.8 Å². The second-order valence-corrected chi connectivity index (χ2v) is 5.71. The number of hydrogen-bond acceptors (Lipinski definition) is 3. The lowest BCUT2D eigenvalue weighted by atomic mass is 9.88. The van der Waals surface area contributed by atoms with Crippen molar-refractivity contribution in [2.24, 2.45) is 0 Å². The third-order valence-corrected chi connectivity index (χ3v) is 3.52. The topological polar surface area (TPSA) is 46.5 Å². The van der Waals surface area contributed by atoms with E-state index < -0.39 is 65.7 Å². The molecule has 1 atom stereocenters. The minimum atomic E-state index is -8.94. The molecule has 0 aliphatic rings. The Balaban J connectivity index is 6.88. The highest BCUT2D eigenvalue weighted by Crippen LogP contribution is 2.64. The molecule has 0 saturated carbocycles. The average Bonchev–Trinajstić information content (AvgIpc) is 2.58. The predicted molar refractivity (Wildman–Crippen MR) is 63.0 cm³/mol. The molecule has 21 heteroatoms. The van der Waals surface area contributed by atoms with Crippen LogP contribution in [0.5, 0.6) is 0 Å². The maximum Gasteiger partial charge on any atom is 0.468 e. The molecule has 0 spiro atoms. The Morgan fingerprint density at radius 2 is 0.848 bits per heavy atom. The van der Waals surface area contributed by atoms with Gasteiger partial charge in [-0.1, -0.05) is 6.58 Å². The fourth-order valence-corrected chi connectivity index (χ4v) is 1.59. The fraction of sp³-hybridized carbons (Fsp3) is 0.750. The number of hydrogen-bond donors (Lipinski definition) is 1. The van der Waals surface area contributed by atoms with E-state index in [-0.39, 0.29) is 0 Å². The molecule has 0 bridgehead atoms. The van der Waals surface area contributed by atoms with Gasteiger partial charge in [0.2, 0.25) is 0 Å². The SMILES string of the molecule is C=CC(=O)OC(F)(F)C(O)(F)C(F)(F)C(F)(F)C(F)(F)C(F)(F)C(F)(F)C(F)(F)C(F)(F)F. The largest absolute Gasteiger partial charge is 0.468 e. The van der Waals surface area contributed by atoms with Gasteiger partial charge in [-0.25, -0.2) is 4.79 Å². The van der Waals surface area contributed by atoms with Gasteiger partial charge in [0.05, 0.1) is 0 Å². The smallest absolute Gasteiger partial charge is 0.393 e. The van der Waals surface area contributed by atoms with Crippen molar-refractivity contribution >= 4 is 5.97 Å². The monoisotopic (exact) mass is 538 g/mol. The number of rotatable bonds is 9. The van der Waals surface area contributed by atoms with Gasteiger partial charge in [0.15, 0.2) is 0 Å². The van der Waals surface area contributed by atoms with Gasteiger partial charge in [-0.15, -0.1) is 0 Å². The van der Waals surface area contributed by atoms with Crippen molar-refractivity contribution < 1.29 is 93.7 Å². The van der Waals surface area contributed by atoms with Crippen LogP contribution in [-0.2, 0) is 9.53 Å². The van der Waals surface area contributed by atoms with Gasteiger partial charge >= 0.3 is 59.6 Å². The minimum Gasteiger partial charge on any atom is -0.393 e. The van der Waals surface area contributed by atoms with E-state index in [9.17, 15) is 83.8 Å². The first-order valence-electron chi connectivity index (χ1n) is 6.93. The molecule has 0 amide bonds. The third kappa shape index (κ3) is 3.94. The second-order valence-electron chi connectivity index (χ2n) is 5.71. The van der Waals surface area contributed by atoms with E-state index in [0.29, 0.717) is 0 Å². The standard InChI is InChI=1S/C12H4F18O3/c1-2-3(31)33-12(29,30)10(25,32)8(21,22)6(17,18)4(13,14)5(15,16)7(19,20)9(23,24)11(26,27)28/h2,32H,1H2. The zero-order valence-corrected chi connectivity index (χ0v) is 14.4. The molecule has 0 aliphatic heterocycles. The first-order valence-corrected chi connectivity index (χ1v) is 6.93. The predicted octanol–water partition coefficient (Wildman–Crippen LogP) is 5.34. The first-order chi connectivity index (χ1) is 14.0. The maximum atomic E-state index is 13.4. The highest BCUT2D eigenvalue weighted by molar-refractivity contribution is 5.81. The molecule has 3 nitrogen and oxygen atoms in total. The lowest BCUT2D eigenvalue weighted by molar-refractivity contribution is -0.487. The lowest BCUT2D eigenvalue weighted by Crippen LogP contribution is -2.76. The average molecular weight is 538 g/mol. The maximum absolute atomic E-state index is 13.4. The molecule has 0 aromatic rings. The van der Waals surface area contributed by atoms with Crippen LogP contribution in [0.1, 0.15) is 0 Å². The number of carbonyl (C=O) groups is 1. The van der Waals surface area contributed by atoms with Gasteiger partial charge in [0.1, 0.15) is 0 Å². The van der Waals surface area contributed by atoms with Crippen LogP contribution in [0, 0.1) is 0 Å². The van der Waals surface area contributed by atoms with E-state index in [4.69, 9.17) is 5.11 Å². The summed E-state index contributed by atoms with van der Waals surface area (Å²) in [5.41, 5.74) is 0.